The molecule has 0 radical (unpaired) electrons. The number of likely N-dealkylation sites (tertiary alicyclic amines) is 1. The van der Waals surface area contributed by atoms with E-state index in [2.05, 4.69) is 5.32 Å². The van der Waals surface area contributed by atoms with Crippen LogP contribution in [0.2, 0.25) is 0 Å². The van der Waals surface area contributed by atoms with Crippen molar-refractivity contribution in [3.63, 3.8) is 0 Å². The second-order valence-corrected chi connectivity index (χ2v) is 4.69. The standard InChI is InChI=1S/C11H18N2O3/c14-10(15)8-3-4-9(7-8)12-11(16)13-5-1-2-6-13/h8-9H,1-7H2,(H,12,16)(H,14,15)/t8-,9+/m1/s1. The number of hydrogen-bond acceptors (Lipinski definition) is 2. The molecule has 2 atom stereocenters. The number of nitrogens with zero attached hydrogens (tertiary/aromatic N) is 1. The number of carbonyl (C=O) groups is 2. The van der Waals surface area contributed by atoms with Gasteiger partial charge in [-0.2, -0.15) is 0 Å². The molecule has 1 heterocycles. The van der Waals surface area contributed by atoms with Crippen molar-refractivity contribution in [3.05, 3.63) is 0 Å². The second kappa shape index (κ2) is 4.72. The highest BCUT2D eigenvalue weighted by Crippen LogP contribution is 2.25. The van der Waals surface area contributed by atoms with Crippen molar-refractivity contribution in [2.45, 2.75) is 38.1 Å². The Morgan fingerprint density at radius 1 is 1.19 bits per heavy atom. The van der Waals surface area contributed by atoms with Gasteiger partial charge < -0.3 is 15.3 Å². The lowest BCUT2D eigenvalue weighted by Gasteiger charge is -2.19. The molecule has 0 unspecified atom stereocenters. The first-order valence-electron chi connectivity index (χ1n) is 5.95. The Bertz CT molecular complexity index is 287. The number of aliphatic carboxylic acids is 1. The van der Waals surface area contributed by atoms with Crippen LogP contribution in [0.25, 0.3) is 0 Å². The quantitative estimate of drug-likeness (QED) is 0.739. The van der Waals surface area contributed by atoms with Crippen molar-refractivity contribution in [1.29, 1.82) is 0 Å². The van der Waals surface area contributed by atoms with Crippen LogP contribution < -0.4 is 5.32 Å². The van der Waals surface area contributed by atoms with Crippen molar-refractivity contribution in [3.8, 4) is 0 Å². The van der Waals surface area contributed by atoms with Gasteiger partial charge in [0.1, 0.15) is 0 Å². The van der Waals surface area contributed by atoms with Gasteiger partial charge in [0.15, 0.2) is 0 Å². The van der Waals surface area contributed by atoms with E-state index in [1.165, 1.54) is 0 Å². The highest BCUT2D eigenvalue weighted by atomic mass is 16.4. The molecule has 0 aromatic rings. The van der Waals surface area contributed by atoms with Crippen molar-refractivity contribution in [1.82, 2.24) is 10.2 Å². The lowest BCUT2D eigenvalue weighted by Crippen LogP contribution is -2.42. The zero-order chi connectivity index (χ0) is 11.5. The normalized spacial score (nSPS) is 29.4. The molecule has 1 aliphatic carbocycles. The topological polar surface area (TPSA) is 69.6 Å². The summed E-state index contributed by atoms with van der Waals surface area (Å²) in [6, 6.07) is 0.0303. The minimum atomic E-state index is -0.738. The first-order chi connectivity index (χ1) is 7.66. The fourth-order valence-electron chi connectivity index (χ4n) is 2.52. The highest BCUT2D eigenvalue weighted by Gasteiger charge is 2.31. The summed E-state index contributed by atoms with van der Waals surface area (Å²) in [7, 11) is 0. The van der Waals surface area contributed by atoms with Gasteiger partial charge in [0.05, 0.1) is 5.92 Å². The summed E-state index contributed by atoms with van der Waals surface area (Å²) in [5.74, 6) is -1.01. The number of hydrogen-bond donors (Lipinski definition) is 2. The zero-order valence-corrected chi connectivity index (χ0v) is 9.32. The number of carbonyl (C=O) groups excluding carboxylic acids is 1. The maximum Gasteiger partial charge on any atom is 0.317 e. The molecule has 16 heavy (non-hydrogen) atoms. The number of carboxylic acids is 1. The number of nitrogens with one attached hydrogen (secondary N) is 1. The third-order valence-corrected chi connectivity index (χ3v) is 3.50. The van der Waals surface area contributed by atoms with E-state index in [4.69, 9.17) is 5.11 Å². The van der Waals surface area contributed by atoms with Gasteiger partial charge in [0.2, 0.25) is 0 Å². The van der Waals surface area contributed by atoms with E-state index in [0.29, 0.717) is 12.8 Å². The predicted molar refractivity (Wildman–Crippen MR) is 58.1 cm³/mol. The van der Waals surface area contributed by atoms with E-state index in [-0.39, 0.29) is 18.0 Å². The van der Waals surface area contributed by atoms with E-state index in [1.54, 1.807) is 0 Å². The van der Waals surface area contributed by atoms with E-state index in [9.17, 15) is 9.59 Å². The maximum atomic E-state index is 11.7. The third kappa shape index (κ3) is 2.46. The summed E-state index contributed by atoms with van der Waals surface area (Å²) < 4.78 is 0. The van der Waals surface area contributed by atoms with Crippen LogP contribution in [0, 0.1) is 5.92 Å². The fraction of sp³-hybridized carbons (Fsp3) is 0.818. The van der Waals surface area contributed by atoms with Gasteiger partial charge in [-0.15, -0.1) is 0 Å². The van der Waals surface area contributed by atoms with Crippen molar-refractivity contribution in [2.24, 2.45) is 5.92 Å². The first-order valence-corrected chi connectivity index (χ1v) is 5.95. The van der Waals surface area contributed by atoms with Crippen molar-refractivity contribution in [2.75, 3.05) is 13.1 Å². The average Bonchev–Trinajstić information content (AvgIpc) is 2.87. The summed E-state index contributed by atoms with van der Waals surface area (Å²) in [5.41, 5.74) is 0. The van der Waals surface area contributed by atoms with E-state index in [0.717, 1.165) is 32.4 Å². The Morgan fingerprint density at radius 3 is 2.44 bits per heavy atom. The summed E-state index contributed by atoms with van der Waals surface area (Å²) in [4.78, 5) is 24.3. The van der Waals surface area contributed by atoms with Crippen LogP contribution in [0.3, 0.4) is 0 Å². The molecule has 1 saturated carbocycles. The lowest BCUT2D eigenvalue weighted by atomic mass is 10.1. The number of carboxylic acid groups (broad SMARTS) is 1. The average molecular weight is 226 g/mol. The van der Waals surface area contributed by atoms with Gasteiger partial charge in [-0.05, 0) is 32.1 Å². The molecule has 2 amide bonds. The van der Waals surface area contributed by atoms with E-state index < -0.39 is 5.97 Å². The van der Waals surface area contributed by atoms with Crippen LogP contribution in [0.5, 0.6) is 0 Å². The minimum Gasteiger partial charge on any atom is -0.481 e. The molecule has 0 spiro atoms. The van der Waals surface area contributed by atoms with Crippen LogP contribution in [0.1, 0.15) is 32.1 Å². The first kappa shape index (κ1) is 11.2. The highest BCUT2D eigenvalue weighted by molar-refractivity contribution is 5.75. The molecular formula is C11H18N2O3. The van der Waals surface area contributed by atoms with Gasteiger partial charge in [0.25, 0.3) is 0 Å². The SMILES string of the molecule is O=C(O)[C@@H]1CC[C@H](NC(=O)N2CCCC2)C1. The predicted octanol–water partition coefficient (Wildman–Crippen LogP) is 1.05. The number of urea groups is 1. The molecule has 2 aliphatic rings. The number of rotatable bonds is 2. The largest absolute Gasteiger partial charge is 0.481 e. The molecule has 1 saturated heterocycles. The molecular weight excluding hydrogens is 208 g/mol. The van der Waals surface area contributed by atoms with Crippen LogP contribution in [-0.2, 0) is 4.79 Å². The smallest absolute Gasteiger partial charge is 0.317 e. The zero-order valence-electron chi connectivity index (χ0n) is 9.32. The third-order valence-electron chi connectivity index (χ3n) is 3.50. The molecule has 2 rings (SSSR count). The van der Waals surface area contributed by atoms with Crippen LogP contribution in [0.15, 0.2) is 0 Å². The van der Waals surface area contributed by atoms with Gasteiger partial charge in [0, 0.05) is 19.1 Å². The number of amides is 2. The molecule has 0 aromatic carbocycles. The van der Waals surface area contributed by atoms with Crippen LogP contribution in [0.4, 0.5) is 4.79 Å². The maximum absolute atomic E-state index is 11.7. The molecule has 5 heteroatoms. The molecule has 2 N–H and O–H groups in total. The Morgan fingerprint density at radius 2 is 1.88 bits per heavy atom. The Labute approximate surface area is 94.8 Å². The lowest BCUT2D eigenvalue weighted by molar-refractivity contribution is -0.141. The van der Waals surface area contributed by atoms with Crippen LogP contribution in [-0.4, -0.2) is 41.1 Å². The minimum absolute atomic E-state index is 0.0199. The molecule has 2 fully saturated rings. The summed E-state index contributed by atoms with van der Waals surface area (Å²) in [6.45, 7) is 1.67. The molecule has 1 aliphatic heterocycles. The Hall–Kier alpha value is -1.26. The van der Waals surface area contributed by atoms with Crippen molar-refractivity contribution >= 4 is 12.0 Å². The van der Waals surface area contributed by atoms with Gasteiger partial charge in [-0.3, -0.25) is 4.79 Å². The Kier molecular flexibility index (Phi) is 3.31. The summed E-state index contributed by atoms with van der Waals surface area (Å²) in [5, 5.41) is 11.8. The monoisotopic (exact) mass is 226 g/mol. The summed E-state index contributed by atoms with van der Waals surface area (Å²) >= 11 is 0. The second-order valence-electron chi connectivity index (χ2n) is 4.69. The molecule has 5 nitrogen and oxygen atoms in total. The van der Waals surface area contributed by atoms with Gasteiger partial charge in [-0.1, -0.05) is 0 Å². The van der Waals surface area contributed by atoms with E-state index in [1.807, 2.05) is 4.90 Å². The van der Waals surface area contributed by atoms with Gasteiger partial charge >= 0.3 is 12.0 Å². The molecule has 0 bridgehead atoms. The molecule has 90 valence electrons. The van der Waals surface area contributed by atoms with Crippen molar-refractivity contribution < 1.29 is 14.7 Å². The summed E-state index contributed by atoms with van der Waals surface area (Å²) in [6.07, 6.45) is 4.21. The Balaban J connectivity index is 1.78. The fourth-order valence-corrected chi connectivity index (χ4v) is 2.52. The van der Waals surface area contributed by atoms with Crippen LogP contribution >= 0.6 is 0 Å². The molecule has 0 aromatic heterocycles. The van der Waals surface area contributed by atoms with E-state index >= 15 is 0 Å². The van der Waals surface area contributed by atoms with Gasteiger partial charge in [-0.25, -0.2) is 4.79 Å².